The number of rotatable bonds is 23. The molecule has 1 saturated heterocycles. The van der Waals surface area contributed by atoms with Crippen LogP contribution in [0.1, 0.15) is 77.2 Å². The Labute approximate surface area is 483 Å². The summed E-state index contributed by atoms with van der Waals surface area (Å²) in [5.74, 6) is 0.694. The lowest BCUT2D eigenvalue weighted by atomic mass is 9.79. The van der Waals surface area contributed by atoms with E-state index in [4.69, 9.17) is 52.2 Å². The Morgan fingerprint density at radius 1 is 0.940 bits per heavy atom. The number of anilines is 1. The van der Waals surface area contributed by atoms with Crippen molar-refractivity contribution in [2.24, 2.45) is 22.2 Å². The standard InChI is InChI=1S/C60H63N10O11PS/c1-8-45-49(76-7)50(51(79-45)52-46-43(31-83-52)57(72)68-58(66-46)65-34-69(3)4)81-82(73,77-29-15-28-61)78-32-59-30-44(59)48(70-35-64-47-54(62-33-63-55(47)70)67-56(71)37-16-11-9-12-17-37)36(2)53(59)80-60(38-18-13-10-14-19-38,39-20-24-41(74-5)25-21-39)40-22-26-42(75-6)27-23-40/h9-14,16-27,31,33-36,44-45,48-51,53H,8,15,29-30,32H2,1-7H3,(H,66,68,72)(H,62,63,67,71)/t36-,44+,45+,48-,49+,50+,51+,53?,59+,82?/m0/s1. The Balaban J connectivity index is 1.02. The zero-order chi connectivity index (χ0) is 58.0. The number of methoxy groups -OCH3 is 3. The number of amides is 1. The fourth-order valence-corrected chi connectivity index (χ4v) is 14.5. The Morgan fingerprint density at radius 3 is 2.25 bits per heavy atom. The van der Waals surface area contributed by atoms with E-state index in [2.05, 4.69) is 33.3 Å². The van der Waals surface area contributed by atoms with Crippen LogP contribution in [-0.4, -0.2) is 120 Å². The first-order valence-corrected chi connectivity index (χ1v) is 29.5. The van der Waals surface area contributed by atoms with Crippen molar-refractivity contribution in [1.82, 2.24) is 34.4 Å². The summed E-state index contributed by atoms with van der Waals surface area (Å²) in [6.07, 6.45) is 1.35. The third kappa shape index (κ3) is 10.8. The van der Waals surface area contributed by atoms with Gasteiger partial charge in [-0.25, -0.2) is 29.5 Å². The lowest BCUT2D eigenvalue weighted by Gasteiger charge is -2.42. The molecule has 2 saturated carbocycles. The van der Waals surface area contributed by atoms with Gasteiger partial charge in [0.05, 0.1) is 80.6 Å². The maximum absolute atomic E-state index is 15.9. The van der Waals surface area contributed by atoms with Gasteiger partial charge < -0.3 is 38.5 Å². The number of benzene rings is 4. The third-order valence-corrected chi connectivity index (χ3v) is 18.4. The number of phosphoric acid groups is 1. The van der Waals surface area contributed by atoms with E-state index in [1.807, 2.05) is 96.4 Å². The van der Waals surface area contributed by atoms with Crippen LogP contribution in [0, 0.1) is 28.6 Å². The molecule has 430 valence electrons. The van der Waals surface area contributed by atoms with Crippen LogP contribution in [0.15, 0.2) is 137 Å². The van der Waals surface area contributed by atoms with Crippen LogP contribution >= 0.6 is 19.2 Å². The van der Waals surface area contributed by atoms with E-state index in [0.717, 1.165) is 16.7 Å². The zero-order valence-electron chi connectivity index (χ0n) is 46.8. The molecule has 8 aromatic rings. The van der Waals surface area contributed by atoms with Crippen molar-refractivity contribution in [2.75, 3.05) is 54.0 Å². The number of nitrogens with zero attached hydrogens (tertiary/aromatic N) is 8. The number of carbonyl (C=O) groups is 1. The van der Waals surface area contributed by atoms with Gasteiger partial charge in [0, 0.05) is 49.5 Å². The van der Waals surface area contributed by atoms with E-state index < -0.39 is 54.9 Å². The molecule has 0 spiro atoms. The second-order valence-corrected chi connectivity index (χ2v) is 23.5. The molecule has 21 nitrogen and oxygen atoms in total. The van der Waals surface area contributed by atoms with Crippen LogP contribution in [0.4, 0.5) is 11.8 Å². The number of aliphatic imine (C=N–C) groups is 1. The molecule has 1 aliphatic heterocycles. The first kappa shape index (κ1) is 57.1. The lowest BCUT2D eigenvalue weighted by molar-refractivity contribution is -0.107. The Kier molecular flexibility index (Phi) is 16.4. The molecule has 3 aliphatic rings. The Bertz CT molecular complexity index is 3740. The maximum Gasteiger partial charge on any atom is 0.475 e. The van der Waals surface area contributed by atoms with E-state index in [-0.39, 0.29) is 55.2 Å². The number of nitrogens with one attached hydrogen (secondary N) is 2. The highest BCUT2D eigenvalue weighted by Gasteiger charge is 2.73. The smallest absolute Gasteiger partial charge is 0.475 e. The number of fused-ring (bicyclic) bond motifs is 3. The van der Waals surface area contributed by atoms with Crippen molar-refractivity contribution < 1.29 is 46.6 Å². The fraction of sp³-hybridized carbons (Fsp3) is 0.367. The molecule has 0 radical (unpaired) electrons. The van der Waals surface area contributed by atoms with Gasteiger partial charge in [0.1, 0.15) is 41.7 Å². The minimum Gasteiger partial charge on any atom is -0.497 e. The maximum atomic E-state index is 15.9. The molecule has 4 aromatic heterocycles. The van der Waals surface area contributed by atoms with Gasteiger partial charge in [-0.05, 0) is 71.8 Å². The molecule has 2 N–H and O–H groups in total. The van der Waals surface area contributed by atoms with Crippen molar-refractivity contribution in [3.8, 4) is 17.6 Å². The predicted molar refractivity (Wildman–Crippen MR) is 311 cm³/mol. The topological polar surface area (TPSA) is 249 Å². The first-order chi connectivity index (χ1) is 40.3. The van der Waals surface area contributed by atoms with E-state index in [1.165, 1.54) is 31.1 Å². The van der Waals surface area contributed by atoms with Gasteiger partial charge in [-0.2, -0.15) is 5.26 Å². The van der Waals surface area contributed by atoms with Crippen molar-refractivity contribution in [3.05, 3.63) is 165 Å². The summed E-state index contributed by atoms with van der Waals surface area (Å²) in [4.78, 5) is 55.2. The number of nitriles is 1. The summed E-state index contributed by atoms with van der Waals surface area (Å²) < 4.78 is 69.9. The van der Waals surface area contributed by atoms with Crippen LogP contribution in [0.5, 0.6) is 11.5 Å². The number of H-pyrrole nitrogens is 1. The minimum atomic E-state index is -4.74. The summed E-state index contributed by atoms with van der Waals surface area (Å²) >= 11 is 1.24. The number of ether oxygens (including phenoxy) is 5. The molecule has 83 heavy (non-hydrogen) atoms. The van der Waals surface area contributed by atoms with Gasteiger partial charge >= 0.3 is 7.82 Å². The lowest BCUT2D eigenvalue weighted by Crippen LogP contribution is -2.43. The van der Waals surface area contributed by atoms with E-state index >= 15 is 4.57 Å². The van der Waals surface area contributed by atoms with Gasteiger partial charge in [0.2, 0.25) is 5.95 Å². The molecule has 3 fully saturated rings. The molecule has 1 amide bonds. The highest BCUT2D eigenvalue weighted by Crippen LogP contribution is 2.73. The Hall–Kier alpha value is -7.71. The molecule has 2 aliphatic carbocycles. The van der Waals surface area contributed by atoms with Gasteiger partial charge in [-0.3, -0.25) is 28.1 Å². The normalized spacial score (nSPS) is 23.7. The third-order valence-electron chi connectivity index (χ3n) is 15.9. The zero-order valence-corrected chi connectivity index (χ0v) is 48.5. The molecule has 0 bridgehead atoms. The number of imidazole rings is 1. The van der Waals surface area contributed by atoms with Crippen molar-refractivity contribution in [2.45, 2.75) is 75.3 Å². The summed E-state index contributed by atoms with van der Waals surface area (Å²) in [6, 6.07) is 36.1. The average Bonchev–Trinajstić information content (AvgIpc) is 1.99. The van der Waals surface area contributed by atoms with Gasteiger partial charge in [0.25, 0.3) is 11.5 Å². The summed E-state index contributed by atoms with van der Waals surface area (Å²) in [5, 5.41) is 14.7. The molecule has 2 unspecified atom stereocenters. The highest BCUT2D eigenvalue weighted by molar-refractivity contribution is 7.48. The second kappa shape index (κ2) is 23.9. The first-order valence-electron chi connectivity index (χ1n) is 27.2. The van der Waals surface area contributed by atoms with Crippen molar-refractivity contribution in [3.63, 3.8) is 0 Å². The second-order valence-electron chi connectivity index (χ2n) is 21.0. The largest absolute Gasteiger partial charge is 0.497 e. The summed E-state index contributed by atoms with van der Waals surface area (Å²) in [7, 11) is 3.62. The van der Waals surface area contributed by atoms with E-state index in [0.29, 0.717) is 56.8 Å². The Morgan fingerprint density at radius 2 is 1.61 bits per heavy atom. The monoisotopic (exact) mass is 1160 g/mol. The number of aromatic nitrogens is 6. The van der Waals surface area contributed by atoms with Crippen molar-refractivity contribution >= 4 is 65.2 Å². The molecular weight excluding hydrogens is 1100 g/mol. The average molecular weight is 1160 g/mol. The predicted octanol–water partition coefficient (Wildman–Crippen LogP) is 10.2. The molecule has 23 heteroatoms. The number of thiophene rings is 1. The fourth-order valence-electron chi connectivity index (χ4n) is 12.0. The van der Waals surface area contributed by atoms with E-state index in [1.54, 1.807) is 69.2 Å². The summed E-state index contributed by atoms with van der Waals surface area (Å²) in [6.45, 7) is 3.55. The van der Waals surface area contributed by atoms with Gasteiger partial charge in [-0.15, -0.1) is 11.3 Å². The molecule has 10 atom stereocenters. The number of carbonyl (C=O) groups excluding carboxylic acids is 1. The van der Waals surface area contributed by atoms with Crippen LogP contribution < -0.4 is 20.3 Å². The molecule has 11 rings (SSSR count). The number of hydrogen-bond donors (Lipinski definition) is 2. The van der Waals surface area contributed by atoms with Gasteiger partial charge in [-0.1, -0.05) is 86.6 Å². The van der Waals surface area contributed by atoms with Gasteiger partial charge in [0.15, 0.2) is 17.0 Å². The minimum absolute atomic E-state index is 0.0799. The summed E-state index contributed by atoms with van der Waals surface area (Å²) in [5.41, 5.74) is 1.45. The number of phosphoric ester groups is 1. The van der Waals surface area contributed by atoms with Crippen LogP contribution in [-0.2, 0) is 37.9 Å². The molecule has 5 heterocycles. The quantitative estimate of drug-likeness (QED) is 0.0199. The van der Waals surface area contributed by atoms with Crippen LogP contribution in [0.25, 0.3) is 22.1 Å². The van der Waals surface area contributed by atoms with Crippen molar-refractivity contribution in [1.29, 1.82) is 5.26 Å². The van der Waals surface area contributed by atoms with Crippen LogP contribution in [0.3, 0.4) is 0 Å². The molecular formula is C60H63N10O11PS. The number of hydrogen-bond acceptors (Lipinski definition) is 18. The van der Waals surface area contributed by atoms with E-state index in [9.17, 15) is 14.9 Å². The SMILES string of the molecule is CC[C@H]1O[C@@H](c2scc3c(=O)[nH]c(N=CN(C)C)nc23)[C@H](OP(=O)(OCCC#N)OC[C@]23C[C@@H]2[C@@H](n2cnc4c(NC(=O)c5ccccc5)ncnc42)[C@H](C)C3OC(c2ccccc2)(c2ccc(OC)cc2)c2ccc(OC)cc2)[C@@H]1OC. The highest BCUT2D eigenvalue weighted by atomic mass is 32.1. The molecule has 4 aromatic carbocycles. The number of aromatic amines is 1. The van der Waals surface area contributed by atoms with Crippen LogP contribution in [0.2, 0.25) is 0 Å².